The molecule has 0 unspecified atom stereocenters. The summed E-state index contributed by atoms with van der Waals surface area (Å²) in [6.45, 7) is 0. The van der Waals surface area contributed by atoms with Gasteiger partial charge in [-0.05, 0) is 42.2 Å². The van der Waals surface area contributed by atoms with Crippen molar-refractivity contribution in [1.82, 2.24) is 15.2 Å². The van der Waals surface area contributed by atoms with Crippen molar-refractivity contribution in [2.24, 2.45) is 0 Å². The SMILES string of the molecule is CN(C(=O)NC1CC1)[C@@H](c1ccc(F)cc1)c1cccnc1. The number of urea groups is 1. The van der Waals surface area contributed by atoms with Crippen LogP contribution in [0.5, 0.6) is 0 Å². The molecule has 1 aromatic heterocycles. The van der Waals surface area contributed by atoms with Gasteiger partial charge in [-0.3, -0.25) is 4.98 Å². The van der Waals surface area contributed by atoms with Crippen molar-refractivity contribution in [3.05, 3.63) is 65.7 Å². The minimum atomic E-state index is -0.298. The first-order valence-corrected chi connectivity index (χ1v) is 7.34. The highest BCUT2D eigenvalue weighted by Crippen LogP contribution is 2.28. The number of carbonyl (C=O) groups is 1. The number of pyridine rings is 1. The first-order chi connectivity index (χ1) is 10.6. The Morgan fingerprint density at radius 1 is 1.27 bits per heavy atom. The van der Waals surface area contributed by atoms with Gasteiger partial charge < -0.3 is 10.2 Å². The van der Waals surface area contributed by atoms with E-state index in [2.05, 4.69) is 10.3 Å². The zero-order chi connectivity index (χ0) is 15.5. The molecule has 0 aliphatic heterocycles. The smallest absolute Gasteiger partial charge is 0.318 e. The number of nitrogens with zero attached hydrogens (tertiary/aromatic N) is 2. The number of amides is 2. The van der Waals surface area contributed by atoms with Gasteiger partial charge in [-0.2, -0.15) is 0 Å². The normalized spacial score (nSPS) is 15.2. The van der Waals surface area contributed by atoms with Crippen molar-refractivity contribution >= 4 is 6.03 Å². The molecule has 1 N–H and O–H groups in total. The molecule has 1 saturated carbocycles. The summed E-state index contributed by atoms with van der Waals surface area (Å²) in [5, 5.41) is 2.98. The van der Waals surface area contributed by atoms with Crippen LogP contribution in [0.1, 0.15) is 30.0 Å². The second-order valence-corrected chi connectivity index (χ2v) is 5.58. The van der Waals surface area contributed by atoms with Gasteiger partial charge in [-0.1, -0.05) is 18.2 Å². The highest BCUT2D eigenvalue weighted by atomic mass is 19.1. The van der Waals surface area contributed by atoms with E-state index in [9.17, 15) is 9.18 Å². The molecule has 0 bridgehead atoms. The van der Waals surface area contributed by atoms with Crippen molar-refractivity contribution in [3.63, 3.8) is 0 Å². The number of hydrogen-bond acceptors (Lipinski definition) is 2. The fourth-order valence-corrected chi connectivity index (χ4v) is 2.44. The van der Waals surface area contributed by atoms with Crippen LogP contribution in [0.2, 0.25) is 0 Å². The molecular formula is C17H18FN3O. The molecule has 1 aliphatic rings. The van der Waals surface area contributed by atoms with Crippen LogP contribution >= 0.6 is 0 Å². The van der Waals surface area contributed by atoms with Crippen molar-refractivity contribution in [3.8, 4) is 0 Å². The Bertz CT molecular complexity index is 641. The van der Waals surface area contributed by atoms with E-state index in [1.54, 1.807) is 36.5 Å². The number of carbonyl (C=O) groups excluding carboxylic acids is 1. The first kappa shape index (κ1) is 14.5. The maximum Gasteiger partial charge on any atom is 0.318 e. The van der Waals surface area contributed by atoms with Crippen molar-refractivity contribution in [1.29, 1.82) is 0 Å². The molecule has 1 aliphatic carbocycles. The lowest BCUT2D eigenvalue weighted by atomic mass is 9.99. The van der Waals surface area contributed by atoms with Crippen LogP contribution in [0.4, 0.5) is 9.18 Å². The summed E-state index contributed by atoms with van der Waals surface area (Å²) in [6, 6.07) is 9.84. The Labute approximate surface area is 129 Å². The molecule has 3 rings (SSSR count). The summed E-state index contributed by atoms with van der Waals surface area (Å²) < 4.78 is 13.2. The Kier molecular flexibility index (Phi) is 4.04. The van der Waals surface area contributed by atoms with Crippen LogP contribution in [0, 0.1) is 5.82 Å². The number of halogens is 1. The van der Waals surface area contributed by atoms with E-state index in [0.717, 1.165) is 24.0 Å². The van der Waals surface area contributed by atoms with Crippen molar-refractivity contribution in [2.45, 2.75) is 24.9 Å². The molecule has 0 saturated heterocycles. The fourth-order valence-electron chi connectivity index (χ4n) is 2.44. The zero-order valence-electron chi connectivity index (χ0n) is 12.4. The summed E-state index contributed by atoms with van der Waals surface area (Å²) in [7, 11) is 1.75. The largest absolute Gasteiger partial charge is 0.335 e. The van der Waals surface area contributed by atoms with E-state index in [-0.39, 0.29) is 23.9 Å². The maximum atomic E-state index is 13.2. The second-order valence-electron chi connectivity index (χ2n) is 5.58. The summed E-state index contributed by atoms with van der Waals surface area (Å²) in [6.07, 6.45) is 5.49. The van der Waals surface area contributed by atoms with Crippen LogP contribution < -0.4 is 5.32 Å². The molecule has 1 heterocycles. The summed E-state index contributed by atoms with van der Waals surface area (Å²) in [5.41, 5.74) is 1.74. The Morgan fingerprint density at radius 2 is 2.00 bits per heavy atom. The summed E-state index contributed by atoms with van der Waals surface area (Å²) in [5.74, 6) is -0.293. The minimum absolute atomic E-state index is 0.124. The van der Waals surface area contributed by atoms with Gasteiger partial charge in [0.2, 0.25) is 0 Å². The van der Waals surface area contributed by atoms with E-state index in [1.807, 2.05) is 12.1 Å². The van der Waals surface area contributed by atoms with Gasteiger partial charge in [-0.15, -0.1) is 0 Å². The van der Waals surface area contributed by atoms with E-state index in [1.165, 1.54) is 12.1 Å². The van der Waals surface area contributed by atoms with E-state index < -0.39 is 0 Å². The molecule has 2 aromatic rings. The quantitative estimate of drug-likeness (QED) is 0.943. The number of benzene rings is 1. The van der Waals surface area contributed by atoms with Crippen LogP contribution in [0.25, 0.3) is 0 Å². The zero-order valence-corrected chi connectivity index (χ0v) is 12.4. The van der Waals surface area contributed by atoms with Gasteiger partial charge in [0.25, 0.3) is 0 Å². The molecular weight excluding hydrogens is 281 g/mol. The second kappa shape index (κ2) is 6.13. The summed E-state index contributed by atoms with van der Waals surface area (Å²) >= 11 is 0. The van der Waals surface area contributed by atoms with Gasteiger partial charge in [0.05, 0.1) is 6.04 Å². The topological polar surface area (TPSA) is 45.2 Å². The first-order valence-electron chi connectivity index (χ1n) is 7.34. The Balaban J connectivity index is 1.91. The molecule has 0 radical (unpaired) electrons. The molecule has 0 spiro atoms. The number of hydrogen-bond donors (Lipinski definition) is 1. The molecule has 1 atom stereocenters. The van der Waals surface area contributed by atoms with Crippen LogP contribution in [0.15, 0.2) is 48.8 Å². The molecule has 1 fully saturated rings. The van der Waals surface area contributed by atoms with Gasteiger partial charge in [0, 0.05) is 25.5 Å². The lowest BCUT2D eigenvalue weighted by molar-refractivity contribution is 0.197. The van der Waals surface area contributed by atoms with Gasteiger partial charge in [-0.25, -0.2) is 9.18 Å². The number of nitrogens with one attached hydrogen (secondary N) is 1. The van der Waals surface area contributed by atoms with Gasteiger partial charge in [0.15, 0.2) is 0 Å². The van der Waals surface area contributed by atoms with Crippen LogP contribution in [-0.4, -0.2) is 29.0 Å². The van der Waals surface area contributed by atoms with Gasteiger partial charge >= 0.3 is 6.03 Å². The fraction of sp³-hybridized carbons (Fsp3) is 0.294. The van der Waals surface area contributed by atoms with E-state index in [0.29, 0.717) is 0 Å². The van der Waals surface area contributed by atoms with Crippen molar-refractivity contribution < 1.29 is 9.18 Å². The van der Waals surface area contributed by atoms with Crippen molar-refractivity contribution in [2.75, 3.05) is 7.05 Å². The van der Waals surface area contributed by atoms with E-state index in [4.69, 9.17) is 0 Å². The summed E-state index contributed by atoms with van der Waals surface area (Å²) in [4.78, 5) is 18.1. The Hall–Kier alpha value is -2.43. The molecule has 2 amide bonds. The number of aromatic nitrogens is 1. The molecule has 114 valence electrons. The predicted octanol–water partition coefficient (Wildman–Crippen LogP) is 3.11. The third kappa shape index (κ3) is 3.24. The maximum absolute atomic E-state index is 13.2. The lowest BCUT2D eigenvalue weighted by Gasteiger charge is -2.29. The highest BCUT2D eigenvalue weighted by molar-refractivity contribution is 5.75. The monoisotopic (exact) mass is 299 g/mol. The van der Waals surface area contributed by atoms with E-state index >= 15 is 0 Å². The van der Waals surface area contributed by atoms with Crippen LogP contribution in [-0.2, 0) is 0 Å². The average molecular weight is 299 g/mol. The average Bonchev–Trinajstić information content (AvgIpc) is 3.34. The molecule has 5 heteroatoms. The molecule has 4 nitrogen and oxygen atoms in total. The number of rotatable bonds is 4. The van der Waals surface area contributed by atoms with Gasteiger partial charge in [0.1, 0.15) is 5.82 Å². The molecule has 22 heavy (non-hydrogen) atoms. The standard InChI is InChI=1S/C17H18FN3O/c1-21(17(22)20-15-8-9-15)16(13-3-2-10-19-11-13)12-4-6-14(18)7-5-12/h2-7,10-11,15-16H,8-9H2,1H3,(H,20,22)/t16-/m0/s1. The Morgan fingerprint density at radius 3 is 2.59 bits per heavy atom. The lowest BCUT2D eigenvalue weighted by Crippen LogP contribution is -2.41. The minimum Gasteiger partial charge on any atom is -0.335 e. The van der Waals surface area contributed by atoms with Crippen LogP contribution in [0.3, 0.4) is 0 Å². The highest BCUT2D eigenvalue weighted by Gasteiger charge is 2.29. The third-order valence-corrected chi connectivity index (χ3v) is 3.80. The molecule has 1 aromatic carbocycles. The predicted molar refractivity (Wildman–Crippen MR) is 81.8 cm³/mol. The third-order valence-electron chi connectivity index (χ3n) is 3.80.